The quantitative estimate of drug-likeness (QED) is 0.105. The lowest BCUT2D eigenvalue weighted by Crippen LogP contribution is -2.11. The Labute approximate surface area is 249 Å². The van der Waals surface area contributed by atoms with Crippen molar-refractivity contribution < 1.29 is 18.1 Å². The minimum absolute atomic E-state index is 0.126. The van der Waals surface area contributed by atoms with Crippen LogP contribution < -0.4 is 10.6 Å². The lowest BCUT2D eigenvalue weighted by atomic mass is 10.1. The van der Waals surface area contributed by atoms with Gasteiger partial charge in [-0.1, -0.05) is 36.4 Å². The molecule has 0 aliphatic heterocycles. The van der Waals surface area contributed by atoms with Crippen LogP contribution in [0.25, 0.3) is 0 Å². The van der Waals surface area contributed by atoms with E-state index in [0.29, 0.717) is 46.4 Å². The Hall–Kier alpha value is -5.03. The molecule has 0 bridgehead atoms. The molecule has 13 heteroatoms. The first-order chi connectivity index (χ1) is 20.6. The molecule has 0 amide bonds. The molecule has 0 atom stereocenters. The highest BCUT2D eigenvalue weighted by atomic mass is 32.2. The van der Waals surface area contributed by atoms with Crippen molar-refractivity contribution in [3.63, 3.8) is 0 Å². The van der Waals surface area contributed by atoms with E-state index in [2.05, 4.69) is 42.1 Å². The third-order valence-electron chi connectivity index (χ3n) is 6.39. The number of aryl methyl sites for hydroxylation is 2. The second kappa shape index (κ2) is 13.8. The summed E-state index contributed by atoms with van der Waals surface area (Å²) in [5.74, 6) is 0.767. The van der Waals surface area contributed by atoms with Crippen molar-refractivity contribution >= 4 is 44.5 Å². The summed E-state index contributed by atoms with van der Waals surface area (Å²) in [6, 6.07) is 21.0. The standard InChI is InChI=1S/C30H30N8O4S/c1-19-15-27(20(2)14-26(19)36-35-23-10-7-11-24(16-23)43(40,41)42)37-38-28-21(3)25(17-31)29(34-30(28)32-12-13-39)33-18-22-8-5-4-6-9-22/h4-11,14-16,39H,12-13,18H2,1-3H3,(H2,32,33,34)(H,40,41,42). The zero-order valence-electron chi connectivity index (χ0n) is 23.8. The van der Waals surface area contributed by atoms with Crippen LogP contribution in [0, 0.1) is 32.1 Å². The van der Waals surface area contributed by atoms with Gasteiger partial charge in [-0.25, -0.2) is 4.98 Å². The molecule has 4 aromatic rings. The number of nitriles is 1. The summed E-state index contributed by atoms with van der Waals surface area (Å²) in [4.78, 5) is 4.33. The molecule has 0 aliphatic carbocycles. The monoisotopic (exact) mass is 598 g/mol. The molecule has 1 aromatic heterocycles. The fourth-order valence-corrected chi connectivity index (χ4v) is 4.60. The molecule has 12 nitrogen and oxygen atoms in total. The molecule has 4 N–H and O–H groups in total. The highest BCUT2D eigenvalue weighted by Gasteiger charge is 2.18. The molecule has 0 unspecified atom stereocenters. The Bertz CT molecular complexity index is 1840. The van der Waals surface area contributed by atoms with Crippen LogP contribution in [-0.4, -0.2) is 36.2 Å². The normalized spacial score (nSPS) is 11.6. The Morgan fingerprint density at radius 3 is 2.16 bits per heavy atom. The van der Waals surface area contributed by atoms with E-state index in [1.54, 1.807) is 25.1 Å². The van der Waals surface area contributed by atoms with E-state index in [0.717, 1.165) is 16.7 Å². The van der Waals surface area contributed by atoms with Gasteiger partial charge in [-0.3, -0.25) is 4.55 Å². The van der Waals surface area contributed by atoms with Gasteiger partial charge in [0.05, 0.1) is 34.1 Å². The number of hydrogen-bond acceptors (Lipinski definition) is 11. The molecule has 0 saturated heterocycles. The second-order valence-electron chi connectivity index (χ2n) is 9.56. The maximum atomic E-state index is 11.4. The highest BCUT2D eigenvalue weighted by molar-refractivity contribution is 7.85. The number of rotatable bonds is 11. The average Bonchev–Trinajstić information content (AvgIpc) is 2.99. The Kier molecular flexibility index (Phi) is 9.89. The van der Waals surface area contributed by atoms with Gasteiger partial charge in [0, 0.05) is 18.7 Å². The van der Waals surface area contributed by atoms with Crippen LogP contribution in [0.1, 0.15) is 27.8 Å². The number of aliphatic hydroxyl groups excluding tert-OH is 1. The van der Waals surface area contributed by atoms with Crippen LogP contribution in [0.2, 0.25) is 0 Å². The van der Waals surface area contributed by atoms with Crippen molar-refractivity contribution in [1.29, 1.82) is 5.26 Å². The molecular formula is C30H30N8O4S. The number of pyridine rings is 1. The minimum atomic E-state index is -4.36. The number of aromatic nitrogens is 1. The van der Waals surface area contributed by atoms with Gasteiger partial charge in [0.1, 0.15) is 17.6 Å². The number of nitrogens with one attached hydrogen (secondary N) is 2. The Morgan fingerprint density at radius 2 is 1.53 bits per heavy atom. The second-order valence-corrected chi connectivity index (χ2v) is 11.0. The molecule has 0 fully saturated rings. The van der Waals surface area contributed by atoms with Gasteiger partial charge in [0.2, 0.25) is 0 Å². The SMILES string of the molecule is Cc1cc(N=Nc2c(NCCO)nc(NCc3ccccc3)c(C#N)c2C)c(C)cc1N=Nc1cccc(S(=O)(=O)O)c1. The van der Waals surface area contributed by atoms with E-state index < -0.39 is 10.1 Å². The minimum Gasteiger partial charge on any atom is -0.395 e. The van der Waals surface area contributed by atoms with Crippen molar-refractivity contribution in [1.82, 2.24) is 4.98 Å². The largest absolute Gasteiger partial charge is 0.395 e. The summed E-state index contributed by atoms with van der Waals surface area (Å²) in [6.07, 6.45) is 0. The molecule has 4 rings (SSSR count). The molecule has 3 aromatic carbocycles. The van der Waals surface area contributed by atoms with E-state index >= 15 is 0 Å². The molecule has 220 valence electrons. The van der Waals surface area contributed by atoms with Crippen molar-refractivity contribution in [3.05, 3.63) is 94.5 Å². The van der Waals surface area contributed by atoms with Gasteiger partial charge in [0.25, 0.3) is 10.1 Å². The van der Waals surface area contributed by atoms with Crippen molar-refractivity contribution in [2.75, 3.05) is 23.8 Å². The van der Waals surface area contributed by atoms with Crippen LogP contribution in [0.4, 0.5) is 34.4 Å². The predicted octanol–water partition coefficient (Wildman–Crippen LogP) is 6.97. The summed E-state index contributed by atoms with van der Waals surface area (Å²) >= 11 is 0. The number of anilines is 2. The first-order valence-corrected chi connectivity index (χ1v) is 14.6. The molecule has 0 aliphatic rings. The fraction of sp³-hybridized carbons (Fsp3) is 0.200. The molecule has 0 saturated carbocycles. The van der Waals surface area contributed by atoms with Crippen molar-refractivity contribution in [2.45, 2.75) is 32.2 Å². The zero-order valence-corrected chi connectivity index (χ0v) is 24.6. The highest BCUT2D eigenvalue weighted by Crippen LogP contribution is 2.36. The third-order valence-corrected chi connectivity index (χ3v) is 7.24. The topological polar surface area (TPSA) is 185 Å². The first kappa shape index (κ1) is 30.9. The van der Waals surface area contributed by atoms with Gasteiger partial charge in [-0.2, -0.15) is 29.0 Å². The maximum Gasteiger partial charge on any atom is 0.294 e. The average molecular weight is 599 g/mol. The summed E-state index contributed by atoms with van der Waals surface area (Å²) in [6.45, 7) is 5.99. The van der Waals surface area contributed by atoms with Crippen LogP contribution in [0.5, 0.6) is 0 Å². The Morgan fingerprint density at radius 1 is 0.860 bits per heavy atom. The van der Waals surface area contributed by atoms with Crippen LogP contribution >= 0.6 is 0 Å². The van der Waals surface area contributed by atoms with Crippen molar-refractivity contribution in [2.24, 2.45) is 20.5 Å². The number of aliphatic hydroxyl groups is 1. The zero-order chi connectivity index (χ0) is 31.0. The van der Waals surface area contributed by atoms with E-state index in [9.17, 15) is 23.3 Å². The third kappa shape index (κ3) is 7.83. The molecular weight excluding hydrogens is 568 g/mol. The van der Waals surface area contributed by atoms with Crippen LogP contribution in [0.15, 0.2) is 92.1 Å². The lowest BCUT2D eigenvalue weighted by molar-refractivity contribution is 0.311. The predicted molar refractivity (Wildman–Crippen MR) is 164 cm³/mol. The van der Waals surface area contributed by atoms with Crippen molar-refractivity contribution in [3.8, 4) is 6.07 Å². The first-order valence-electron chi connectivity index (χ1n) is 13.2. The summed E-state index contributed by atoms with van der Waals surface area (Å²) in [7, 11) is -4.36. The molecule has 1 heterocycles. The number of azo groups is 2. The molecule has 0 radical (unpaired) electrons. The van der Waals surface area contributed by atoms with E-state index in [-0.39, 0.29) is 23.7 Å². The van der Waals surface area contributed by atoms with Gasteiger partial charge in [-0.15, -0.1) is 5.11 Å². The number of hydrogen-bond donors (Lipinski definition) is 4. The van der Waals surface area contributed by atoms with E-state index in [1.165, 1.54) is 18.2 Å². The fourth-order valence-electron chi connectivity index (χ4n) is 4.08. The van der Waals surface area contributed by atoms with Gasteiger partial charge < -0.3 is 15.7 Å². The van der Waals surface area contributed by atoms with Crippen LogP contribution in [0.3, 0.4) is 0 Å². The van der Waals surface area contributed by atoms with Gasteiger partial charge in [-0.05, 0) is 67.8 Å². The van der Waals surface area contributed by atoms with Crippen LogP contribution in [-0.2, 0) is 16.7 Å². The van der Waals surface area contributed by atoms with Gasteiger partial charge >= 0.3 is 0 Å². The number of benzene rings is 3. The van der Waals surface area contributed by atoms with Gasteiger partial charge in [0.15, 0.2) is 5.82 Å². The smallest absolute Gasteiger partial charge is 0.294 e. The van der Waals surface area contributed by atoms with E-state index in [4.69, 9.17) is 0 Å². The summed E-state index contributed by atoms with van der Waals surface area (Å²) < 4.78 is 32.1. The molecule has 0 spiro atoms. The Balaban J connectivity index is 1.63. The maximum absolute atomic E-state index is 11.4. The van der Waals surface area contributed by atoms with E-state index in [1.807, 2.05) is 44.2 Å². The summed E-state index contributed by atoms with van der Waals surface area (Å²) in [5, 5.41) is 42.9. The lowest BCUT2D eigenvalue weighted by Gasteiger charge is -2.15. The molecule has 43 heavy (non-hydrogen) atoms. The summed E-state index contributed by atoms with van der Waals surface area (Å²) in [5.41, 5.74) is 5.14. The number of nitrogens with zero attached hydrogens (tertiary/aromatic N) is 6.